The fourth-order valence-electron chi connectivity index (χ4n) is 2.28. The van der Waals surface area contributed by atoms with E-state index >= 15 is 0 Å². The Kier molecular flexibility index (Phi) is 4.68. The summed E-state index contributed by atoms with van der Waals surface area (Å²) in [4.78, 5) is 0. The Balaban J connectivity index is 1.46. The largest absolute Gasteiger partial charge is 0.380 e. The maximum absolute atomic E-state index is 5.64. The van der Waals surface area contributed by atoms with E-state index in [0.29, 0.717) is 0 Å². The molecule has 3 rings (SSSR count). The number of aromatic nitrogens is 2. The minimum absolute atomic E-state index is 0.284. The lowest BCUT2D eigenvalue weighted by Crippen LogP contribution is -2.23. The second-order valence-corrected chi connectivity index (χ2v) is 5.75. The first-order valence-electron chi connectivity index (χ1n) is 7.74. The summed E-state index contributed by atoms with van der Waals surface area (Å²) >= 11 is 0. The zero-order valence-corrected chi connectivity index (χ0v) is 12.5. The standard InChI is InChI=1S/C17H23N3O/c1-14(18-9-10-21-13-15-7-8-15)16-11-19-20(12-16)17-5-3-2-4-6-17/h2-6,11-12,14-15,18H,7-10,13H2,1H3. The zero-order chi connectivity index (χ0) is 14.5. The molecular formula is C17H23N3O. The topological polar surface area (TPSA) is 39.1 Å². The molecule has 21 heavy (non-hydrogen) atoms. The van der Waals surface area contributed by atoms with E-state index in [4.69, 9.17) is 4.74 Å². The SMILES string of the molecule is CC(NCCOCC1CC1)c1cnn(-c2ccccc2)c1. The summed E-state index contributed by atoms with van der Waals surface area (Å²) in [6, 6.07) is 10.5. The van der Waals surface area contributed by atoms with Gasteiger partial charge in [0.05, 0.1) is 18.5 Å². The molecule has 1 aromatic heterocycles. The highest BCUT2D eigenvalue weighted by atomic mass is 16.5. The molecule has 0 saturated heterocycles. The third-order valence-corrected chi connectivity index (χ3v) is 3.87. The minimum atomic E-state index is 0.284. The fraction of sp³-hybridized carbons (Fsp3) is 0.471. The third-order valence-electron chi connectivity index (χ3n) is 3.87. The van der Waals surface area contributed by atoms with Gasteiger partial charge in [0, 0.05) is 31.0 Å². The fourth-order valence-corrected chi connectivity index (χ4v) is 2.28. The second-order valence-electron chi connectivity index (χ2n) is 5.75. The van der Waals surface area contributed by atoms with Crippen molar-refractivity contribution in [1.29, 1.82) is 0 Å². The maximum Gasteiger partial charge on any atom is 0.0645 e. The molecule has 1 atom stereocenters. The van der Waals surface area contributed by atoms with Crippen LogP contribution in [0.2, 0.25) is 0 Å². The van der Waals surface area contributed by atoms with Crippen LogP contribution in [-0.2, 0) is 4.74 Å². The lowest BCUT2D eigenvalue weighted by molar-refractivity contribution is 0.124. The van der Waals surface area contributed by atoms with Crippen molar-refractivity contribution >= 4 is 0 Å². The lowest BCUT2D eigenvalue weighted by Gasteiger charge is -2.12. The van der Waals surface area contributed by atoms with E-state index in [9.17, 15) is 0 Å². The van der Waals surface area contributed by atoms with Gasteiger partial charge in [0.2, 0.25) is 0 Å². The molecule has 1 N–H and O–H groups in total. The Morgan fingerprint density at radius 2 is 2.14 bits per heavy atom. The molecule has 0 radical (unpaired) electrons. The van der Waals surface area contributed by atoms with Gasteiger partial charge in [0.25, 0.3) is 0 Å². The molecule has 1 aliphatic rings. The molecule has 1 aliphatic carbocycles. The Bertz CT molecular complexity index is 548. The molecule has 4 nitrogen and oxygen atoms in total. The number of hydrogen-bond acceptors (Lipinski definition) is 3. The van der Waals surface area contributed by atoms with E-state index in [1.54, 1.807) is 0 Å². The summed E-state index contributed by atoms with van der Waals surface area (Å²) in [7, 11) is 0. The van der Waals surface area contributed by atoms with E-state index in [1.165, 1.54) is 18.4 Å². The van der Waals surface area contributed by atoms with Crippen molar-refractivity contribution in [2.24, 2.45) is 5.92 Å². The van der Waals surface area contributed by atoms with E-state index in [-0.39, 0.29) is 6.04 Å². The van der Waals surface area contributed by atoms with E-state index in [2.05, 4.69) is 35.7 Å². The van der Waals surface area contributed by atoms with Gasteiger partial charge in [0.15, 0.2) is 0 Å². The number of para-hydroxylation sites is 1. The van der Waals surface area contributed by atoms with Crippen LogP contribution in [-0.4, -0.2) is 29.5 Å². The summed E-state index contributed by atoms with van der Waals surface area (Å²) in [5.74, 6) is 0.839. The number of nitrogens with zero attached hydrogens (tertiary/aromatic N) is 2. The highest BCUT2D eigenvalue weighted by Crippen LogP contribution is 2.28. The van der Waals surface area contributed by atoms with Gasteiger partial charge in [-0.1, -0.05) is 18.2 Å². The number of hydrogen-bond donors (Lipinski definition) is 1. The quantitative estimate of drug-likeness (QED) is 0.758. The molecule has 0 aliphatic heterocycles. The average molecular weight is 285 g/mol. The van der Waals surface area contributed by atoms with Crippen LogP contribution in [0.5, 0.6) is 0 Å². The summed E-state index contributed by atoms with van der Waals surface area (Å²) < 4.78 is 7.55. The second kappa shape index (κ2) is 6.87. The number of benzene rings is 1. The minimum Gasteiger partial charge on any atom is -0.380 e. The highest BCUT2D eigenvalue weighted by Gasteiger charge is 2.20. The number of rotatable bonds is 8. The first kappa shape index (κ1) is 14.3. The van der Waals surface area contributed by atoms with Crippen LogP contribution in [0.25, 0.3) is 5.69 Å². The molecule has 1 unspecified atom stereocenters. The van der Waals surface area contributed by atoms with Crippen molar-refractivity contribution < 1.29 is 4.74 Å². The first-order chi connectivity index (χ1) is 10.3. The van der Waals surface area contributed by atoms with Gasteiger partial charge in [-0.3, -0.25) is 0 Å². The Labute approximate surface area is 126 Å². The zero-order valence-electron chi connectivity index (χ0n) is 12.5. The summed E-state index contributed by atoms with van der Waals surface area (Å²) in [5, 5.41) is 7.91. The van der Waals surface area contributed by atoms with Gasteiger partial charge in [-0.05, 0) is 37.8 Å². The van der Waals surface area contributed by atoms with Gasteiger partial charge < -0.3 is 10.1 Å². The van der Waals surface area contributed by atoms with Gasteiger partial charge >= 0.3 is 0 Å². The van der Waals surface area contributed by atoms with Crippen LogP contribution in [0.1, 0.15) is 31.4 Å². The summed E-state index contributed by atoms with van der Waals surface area (Å²) in [6.07, 6.45) is 6.71. The van der Waals surface area contributed by atoms with Crippen LogP contribution in [0.4, 0.5) is 0 Å². The Morgan fingerprint density at radius 1 is 1.33 bits per heavy atom. The molecule has 0 bridgehead atoms. The van der Waals surface area contributed by atoms with E-state index in [1.807, 2.05) is 29.1 Å². The Hall–Kier alpha value is -1.65. The molecule has 0 amide bonds. The molecule has 4 heteroatoms. The van der Waals surface area contributed by atoms with Crippen molar-refractivity contribution in [3.8, 4) is 5.69 Å². The third kappa shape index (κ3) is 4.16. The van der Waals surface area contributed by atoms with Crippen LogP contribution in [0.3, 0.4) is 0 Å². The smallest absolute Gasteiger partial charge is 0.0645 e. The van der Waals surface area contributed by atoms with Crippen molar-refractivity contribution in [3.05, 3.63) is 48.3 Å². The average Bonchev–Trinajstić information content (AvgIpc) is 3.21. The molecule has 1 fully saturated rings. The number of ether oxygens (including phenoxy) is 1. The predicted octanol–water partition coefficient (Wildman–Crippen LogP) is 2.95. The highest BCUT2D eigenvalue weighted by molar-refractivity contribution is 5.31. The van der Waals surface area contributed by atoms with Crippen LogP contribution in [0.15, 0.2) is 42.7 Å². The van der Waals surface area contributed by atoms with Crippen molar-refractivity contribution in [1.82, 2.24) is 15.1 Å². The van der Waals surface area contributed by atoms with Crippen LogP contribution >= 0.6 is 0 Å². The normalized spacial score (nSPS) is 16.0. The van der Waals surface area contributed by atoms with Gasteiger partial charge in [0.1, 0.15) is 0 Å². The monoisotopic (exact) mass is 285 g/mol. The van der Waals surface area contributed by atoms with Crippen molar-refractivity contribution in [3.63, 3.8) is 0 Å². The van der Waals surface area contributed by atoms with Gasteiger partial charge in [-0.2, -0.15) is 5.10 Å². The predicted molar refractivity (Wildman–Crippen MR) is 83.5 cm³/mol. The molecular weight excluding hydrogens is 262 g/mol. The molecule has 0 spiro atoms. The molecule has 112 valence electrons. The summed E-state index contributed by atoms with van der Waals surface area (Å²) in [5.41, 5.74) is 2.28. The van der Waals surface area contributed by atoms with E-state index in [0.717, 1.165) is 31.4 Å². The number of nitrogens with one attached hydrogen (secondary N) is 1. The van der Waals surface area contributed by atoms with Crippen molar-refractivity contribution in [2.75, 3.05) is 19.8 Å². The van der Waals surface area contributed by atoms with Crippen LogP contribution < -0.4 is 5.32 Å². The van der Waals surface area contributed by atoms with Gasteiger partial charge in [-0.25, -0.2) is 4.68 Å². The van der Waals surface area contributed by atoms with Gasteiger partial charge in [-0.15, -0.1) is 0 Å². The van der Waals surface area contributed by atoms with Crippen molar-refractivity contribution in [2.45, 2.75) is 25.8 Å². The summed E-state index contributed by atoms with van der Waals surface area (Å²) in [6.45, 7) is 4.76. The van der Waals surface area contributed by atoms with E-state index < -0.39 is 0 Å². The molecule has 2 aromatic rings. The maximum atomic E-state index is 5.64. The first-order valence-corrected chi connectivity index (χ1v) is 7.74. The Morgan fingerprint density at radius 3 is 2.90 bits per heavy atom. The van der Waals surface area contributed by atoms with Crippen LogP contribution in [0, 0.1) is 5.92 Å². The molecule has 1 aromatic carbocycles. The molecule has 1 saturated carbocycles. The molecule has 1 heterocycles. The lowest BCUT2D eigenvalue weighted by atomic mass is 10.2.